The second-order valence-corrected chi connectivity index (χ2v) is 7.71. The van der Waals surface area contributed by atoms with Crippen LogP contribution in [0.5, 0.6) is 0 Å². The van der Waals surface area contributed by atoms with Crippen LogP contribution >= 0.6 is 0 Å². The van der Waals surface area contributed by atoms with Gasteiger partial charge in [-0.2, -0.15) is 5.26 Å². The summed E-state index contributed by atoms with van der Waals surface area (Å²) in [5, 5.41) is 9.54. The van der Waals surface area contributed by atoms with E-state index in [1.807, 2.05) is 0 Å². The molecule has 4 atom stereocenters. The Balaban J connectivity index is 2.24. The van der Waals surface area contributed by atoms with E-state index in [-0.39, 0.29) is 24.4 Å². The molecule has 5 nitrogen and oxygen atoms in total. The van der Waals surface area contributed by atoms with Crippen LogP contribution < -0.4 is 11.5 Å². The quantitative estimate of drug-likeness (QED) is 0.803. The number of nitriles is 1. The van der Waals surface area contributed by atoms with Crippen LogP contribution in [0.4, 0.5) is 14.5 Å². The van der Waals surface area contributed by atoms with Crippen LogP contribution in [0.3, 0.4) is 0 Å². The molecule has 0 aromatic heterocycles. The minimum Gasteiger partial charge on any atom is -0.399 e. The Morgan fingerprint density at radius 3 is 2.68 bits per heavy atom. The topological polar surface area (TPSA) is 97.4 Å². The summed E-state index contributed by atoms with van der Waals surface area (Å²) in [5.74, 6) is -0.938. The number of amidine groups is 1. The predicted octanol–water partition coefficient (Wildman–Crippen LogP) is 2.66. The Morgan fingerprint density at radius 2 is 2.08 bits per heavy atom. The Kier molecular flexibility index (Phi) is 3.80. The summed E-state index contributed by atoms with van der Waals surface area (Å²) in [5.41, 5.74) is 8.58. The molecule has 2 heterocycles. The minimum atomic E-state index is -1.68. The molecule has 0 radical (unpaired) electrons. The zero-order chi connectivity index (χ0) is 18.6. The Labute approximate surface area is 145 Å². The molecule has 0 unspecified atom stereocenters. The molecular formula is C18H22F2N4O. The maximum Gasteiger partial charge on any atom is 0.131 e. The SMILES string of the molecule is CC(C)(F)[C@H]1OC[C@]2(c3cc(N)ccc3F)N=C(N)[C@@](C)(C#N)C[C@H]12. The number of nitrogens with two attached hydrogens (primary N) is 2. The van der Waals surface area contributed by atoms with E-state index in [9.17, 15) is 14.0 Å². The minimum absolute atomic E-state index is 0.0156. The van der Waals surface area contributed by atoms with Crippen molar-refractivity contribution in [1.29, 1.82) is 5.26 Å². The molecule has 0 spiro atoms. The third kappa shape index (κ3) is 2.56. The molecule has 4 N–H and O–H groups in total. The van der Waals surface area contributed by atoms with Crippen molar-refractivity contribution >= 4 is 11.5 Å². The average molecular weight is 348 g/mol. The molecule has 3 rings (SSSR count). The van der Waals surface area contributed by atoms with Crippen LogP contribution in [0.1, 0.15) is 32.8 Å². The van der Waals surface area contributed by atoms with Gasteiger partial charge in [-0.3, -0.25) is 4.99 Å². The number of halogens is 2. The zero-order valence-electron chi connectivity index (χ0n) is 14.5. The van der Waals surface area contributed by atoms with Gasteiger partial charge in [-0.15, -0.1) is 0 Å². The number of nitrogen functional groups attached to an aromatic ring is 1. The molecule has 0 bridgehead atoms. The van der Waals surface area contributed by atoms with Gasteiger partial charge in [0.2, 0.25) is 0 Å². The van der Waals surface area contributed by atoms with Gasteiger partial charge in [-0.1, -0.05) is 0 Å². The number of hydrogen-bond acceptors (Lipinski definition) is 5. The van der Waals surface area contributed by atoms with Crippen LogP contribution in [-0.2, 0) is 10.3 Å². The number of aliphatic imine (C=N–C) groups is 1. The summed E-state index contributed by atoms with van der Waals surface area (Å²) >= 11 is 0. The summed E-state index contributed by atoms with van der Waals surface area (Å²) in [6.07, 6.45) is -0.608. The van der Waals surface area contributed by atoms with E-state index in [4.69, 9.17) is 16.2 Å². The number of benzene rings is 1. The van der Waals surface area contributed by atoms with Gasteiger partial charge in [0.1, 0.15) is 28.3 Å². The zero-order valence-corrected chi connectivity index (χ0v) is 14.5. The summed E-state index contributed by atoms with van der Waals surface area (Å²) in [7, 11) is 0. The monoisotopic (exact) mass is 348 g/mol. The second kappa shape index (κ2) is 5.40. The van der Waals surface area contributed by atoms with Crippen molar-refractivity contribution in [2.24, 2.45) is 22.1 Å². The third-order valence-corrected chi connectivity index (χ3v) is 5.36. The Morgan fingerprint density at radius 1 is 1.40 bits per heavy atom. The van der Waals surface area contributed by atoms with Crippen molar-refractivity contribution in [2.45, 2.75) is 44.5 Å². The standard InChI is InChI=1S/C18H22F2N4O/c1-16(2,20)14-12-7-17(3,8-21)15(23)24-18(12,9-25-14)11-6-10(22)4-5-13(11)19/h4-6,12,14H,7,9,22H2,1-3H3,(H2,23,24)/t12-,14+,17-,18-/m1/s1. The number of alkyl halides is 1. The van der Waals surface area contributed by atoms with Crippen LogP contribution in [0.25, 0.3) is 0 Å². The van der Waals surface area contributed by atoms with Gasteiger partial charge in [0.25, 0.3) is 0 Å². The van der Waals surface area contributed by atoms with Crippen LogP contribution in [0.15, 0.2) is 23.2 Å². The molecule has 0 saturated carbocycles. The molecule has 0 aliphatic carbocycles. The molecule has 1 fully saturated rings. The molecule has 2 aliphatic rings. The fourth-order valence-electron chi connectivity index (χ4n) is 3.96. The van der Waals surface area contributed by atoms with Gasteiger partial charge in [-0.25, -0.2) is 8.78 Å². The van der Waals surface area contributed by atoms with Crippen LogP contribution in [-0.4, -0.2) is 24.2 Å². The molecule has 2 aliphatic heterocycles. The number of anilines is 1. The largest absolute Gasteiger partial charge is 0.399 e. The Hall–Kier alpha value is -2.20. The summed E-state index contributed by atoms with van der Waals surface area (Å²) in [6, 6.07) is 6.36. The number of fused-ring (bicyclic) bond motifs is 1. The van der Waals surface area contributed by atoms with Gasteiger partial charge < -0.3 is 16.2 Å². The first-order chi connectivity index (χ1) is 11.5. The molecule has 1 aromatic carbocycles. The maximum absolute atomic E-state index is 14.8. The van der Waals surface area contributed by atoms with Gasteiger partial charge in [0.15, 0.2) is 0 Å². The first-order valence-corrected chi connectivity index (χ1v) is 8.16. The summed E-state index contributed by atoms with van der Waals surface area (Å²) in [6.45, 7) is 4.47. The van der Waals surface area contributed by atoms with Gasteiger partial charge in [-0.05, 0) is 45.4 Å². The molecule has 0 amide bonds. The lowest BCUT2D eigenvalue weighted by atomic mass is 9.65. The van der Waals surface area contributed by atoms with Crippen molar-refractivity contribution in [3.8, 4) is 6.07 Å². The molecule has 1 aromatic rings. The number of rotatable bonds is 2. The molecule has 1 saturated heterocycles. The predicted molar refractivity (Wildman–Crippen MR) is 90.9 cm³/mol. The second-order valence-electron chi connectivity index (χ2n) is 7.71. The number of nitrogens with zero attached hydrogens (tertiary/aromatic N) is 2. The van der Waals surface area contributed by atoms with E-state index >= 15 is 0 Å². The van der Waals surface area contributed by atoms with Crippen molar-refractivity contribution in [2.75, 3.05) is 12.3 Å². The fraction of sp³-hybridized carbons (Fsp3) is 0.556. The van der Waals surface area contributed by atoms with E-state index in [1.54, 1.807) is 6.92 Å². The van der Waals surface area contributed by atoms with E-state index in [1.165, 1.54) is 32.0 Å². The highest BCUT2D eigenvalue weighted by Gasteiger charge is 2.61. The average Bonchev–Trinajstić information content (AvgIpc) is 2.89. The van der Waals surface area contributed by atoms with Crippen LogP contribution in [0.2, 0.25) is 0 Å². The lowest BCUT2D eigenvalue weighted by Crippen LogP contribution is -2.52. The van der Waals surface area contributed by atoms with Crippen molar-refractivity contribution in [3.05, 3.63) is 29.6 Å². The maximum atomic E-state index is 14.8. The number of ether oxygens (including phenoxy) is 1. The van der Waals surface area contributed by atoms with Crippen molar-refractivity contribution in [3.63, 3.8) is 0 Å². The normalized spacial score (nSPS) is 35.0. The van der Waals surface area contributed by atoms with Gasteiger partial charge in [0.05, 0.1) is 18.8 Å². The lowest BCUT2D eigenvalue weighted by molar-refractivity contribution is -0.0285. The molecule has 7 heteroatoms. The van der Waals surface area contributed by atoms with E-state index < -0.39 is 34.5 Å². The molecule has 25 heavy (non-hydrogen) atoms. The fourth-order valence-corrected chi connectivity index (χ4v) is 3.96. The van der Waals surface area contributed by atoms with E-state index in [0.29, 0.717) is 5.69 Å². The molecular weight excluding hydrogens is 326 g/mol. The van der Waals surface area contributed by atoms with Crippen molar-refractivity contribution < 1.29 is 13.5 Å². The number of hydrogen-bond donors (Lipinski definition) is 2. The lowest BCUT2D eigenvalue weighted by Gasteiger charge is -2.43. The van der Waals surface area contributed by atoms with E-state index in [2.05, 4.69) is 11.1 Å². The first kappa shape index (κ1) is 17.6. The molecule has 134 valence electrons. The van der Waals surface area contributed by atoms with E-state index in [0.717, 1.165) is 0 Å². The highest BCUT2D eigenvalue weighted by Crippen LogP contribution is 2.54. The van der Waals surface area contributed by atoms with Crippen LogP contribution in [0, 0.1) is 28.5 Å². The highest BCUT2D eigenvalue weighted by atomic mass is 19.1. The summed E-state index contributed by atoms with van der Waals surface area (Å²) in [4.78, 5) is 4.52. The summed E-state index contributed by atoms with van der Waals surface area (Å²) < 4.78 is 35.2. The smallest absolute Gasteiger partial charge is 0.131 e. The van der Waals surface area contributed by atoms with Crippen molar-refractivity contribution in [1.82, 2.24) is 0 Å². The third-order valence-electron chi connectivity index (χ3n) is 5.36. The first-order valence-electron chi connectivity index (χ1n) is 8.16. The van der Waals surface area contributed by atoms with Gasteiger partial charge in [0, 0.05) is 17.2 Å². The highest BCUT2D eigenvalue weighted by molar-refractivity contribution is 5.90. The Bertz CT molecular complexity index is 782. The van der Waals surface area contributed by atoms with Gasteiger partial charge >= 0.3 is 0 Å².